The highest BCUT2D eigenvalue weighted by Gasteiger charge is 2.33. The Morgan fingerprint density at radius 3 is 2.21 bits per heavy atom. The zero-order valence-corrected chi connectivity index (χ0v) is 18.4. The topological polar surface area (TPSA) is 73.3 Å². The lowest BCUT2D eigenvalue weighted by Crippen LogP contribution is -2.43. The molecule has 1 aliphatic rings. The number of hydrogen-bond acceptors (Lipinski definition) is 5. The van der Waals surface area contributed by atoms with Gasteiger partial charge in [0.2, 0.25) is 0 Å². The molecule has 2 rings (SSSR count). The SMILES string of the molecule is CN=C(NCCCOc1cc(OC)cc(OC)c1)NCC1(CCOC)CCCC1. The van der Waals surface area contributed by atoms with Gasteiger partial charge >= 0.3 is 0 Å². The molecule has 0 heterocycles. The van der Waals surface area contributed by atoms with Crippen LogP contribution in [-0.4, -0.2) is 60.6 Å². The first-order valence-corrected chi connectivity index (χ1v) is 10.4. The van der Waals surface area contributed by atoms with Gasteiger partial charge < -0.3 is 29.6 Å². The summed E-state index contributed by atoms with van der Waals surface area (Å²) >= 11 is 0. The third kappa shape index (κ3) is 7.65. The van der Waals surface area contributed by atoms with Crippen LogP contribution < -0.4 is 24.8 Å². The van der Waals surface area contributed by atoms with Crippen molar-refractivity contribution < 1.29 is 18.9 Å². The summed E-state index contributed by atoms with van der Waals surface area (Å²) in [4.78, 5) is 4.35. The number of guanidine groups is 1. The van der Waals surface area contributed by atoms with Crippen LogP contribution >= 0.6 is 0 Å². The van der Waals surface area contributed by atoms with Crippen molar-refractivity contribution in [3.05, 3.63) is 18.2 Å². The van der Waals surface area contributed by atoms with Crippen LogP contribution in [0.25, 0.3) is 0 Å². The van der Waals surface area contributed by atoms with Gasteiger partial charge in [-0.1, -0.05) is 12.8 Å². The molecule has 1 aromatic rings. The molecule has 1 saturated carbocycles. The molecular weight excluding hydrogens is 370 g/mol. The molecule has 0 spiro atoms. The number of nitrogens with zero attached hydrogens (tertiary/aromatic N) is 1. The summed E-state index contributed by atoms with van der Waals surface area (Å²) in [5, 5.41) is 6.89. The van der Waals surface area contributed by atoms with Gasteiger partial charge in [0.1, 0.15) is 17.2 Å². The maximum atomic E-state index is 5.83. The lowest BCUT2D eigenvalue weighted by atomic mass is 9.83. The number of aliphatic imine (C=N–C) groups is 1. The van der Waals surface area contributed by atoms with Gasteiger partial charge in [-0.2, -0.15) is 0 Å². The Bertz CT molecular complexity index is 608. The van der Waals surface area contributed by atoms with Crippen molar-refractivity contribution >= 4 is 5.96 Å². The van der Waals surface area contributed by atoms with Crippen molar-refractivity contribution in [1.82, 2.24) is 10.6 Å². The van der Waals surface area contributed by atoms with Crippen molar-refractivity contribution in [1.29, 1.82) is 0 Å². The van der Waals surface area contributed by atoms with Gasteiger partial charge in [0.05, 0.1) is 20.8 Å². The Morgan fingerprint density at radius 2 is 1.62 bits per heavy atom. The third-order valence-corrected chi connectivity index (χ3v) is 5.56. The van der Waals surface area contributed by atoms with E-state index in [1.807, 2.05) is 25.2 Å². The van der Waals surface area contributed by atoms with Crippen molar-refractivity contribution in [2.24, 2.45) is 10.4 Å². The number of nitrogens with one attached hydrogen (secondary N) is 2. The number of hydrogen-bond donors (Lipinski definition) is 2. The van der Waals surface area contributed by atoms with Crippen molar-refractivity contribution in [3.8, 4) is 17.2 Å². The summed E-state index contributed by atoms with van der Waals surface area (Å²) in [7, 11) is 6.85. The van der Waals surface area contributed by atoms with Crippen LogP contribution in [0.1, 0.15) is 38.5 Å². The van der Waals surface area contributed by atoms with Gasteiger partial charge in [-0.3, -0.25) is 4.99 Å². The molecule has 0 saturated heterocycles. The summed E-state index contributed by atoms with van der Waals surface area (Å²) in [5.74, 6) is 3.02. The molecule has 0 radical (unpaired) electrons. The standard InChI is InChI=1S/C22H37N3O4/c1-23-21(25-17-22(10-13-26-2)8-5-6-9-22)24-11-7-12-29-20-15-18(27-3)14-19(16-20)28-4/h14-16H,5-13,17H2,1-4H3,(H2,23,24,25). The molecule has 0 bridgehead atoms. The van der Waals surface area contributed by atoms with E-state index < -0.39 is 0 Å². The van der Waals surface area contributed by atoms with E-state index in [0.717, 1.165) is 55.7 Å². The highest BCUT2D eigenvalue weighted by Crippen LogP contribution is 2.40. The molecule has 29 heavy (non-hydrogen) atoms. The van der Waals surface area contributed by atoms with E-state index >= 15 is 0 Å². The Kier molecular flexibility index (Phi) is 9.91. The quantitative estimate of drug-likeness (QED) is 0.315. The molecule has 164 valence electrons. The van der Waals surface area contributed by atoms with Crippen LogP contribution in [-0.2, 0) is 4.74 Å². The maximum absolute atomic E-state index is 5.83. The molecule has 1 fully saturated rings. The predicted molar refractivity (Wildman–Crippen MR) is 116 cm³/mol. The zero-order chi connectivity index (χ0) is 21.0. The second kappa shape index (κ2) is 12.4. The monoisotopic (exact) mass is 407 g/mol. The van der Waals surface area contributed by atoms with Crippen LogP contribution in [0, 0.1) is 5.41 Å². The second-order valence-electron chi connectivity index (χ2n) is 7.55. The van der Waals surface area contributed by atoms with E-state index in [9.17, 15) is 0 Å². The molecule has 0 aliphatic heterocycles. The summed E-state index contributed by atoms with van der Waals surface area (Å²) in [6, 6.07) is 5.54. The molecule has 0 unspecified atom stereocenters. The zero-order valence-electron chi connectivity index (χ0n) is 18.4. The van der Waals surface area contributed by atoms with Crippen molar-refractivity contribution in [2.45, 2.75) is 38.5 Å². The Hall–Kier alpha value is -2.15. The Morgan fingerprint density at radius 1 is 0.966 bits per heavy atom. The minimum absolute atomic E-state index is 0.335. The fourth-order valence-corrected chi connectivity index (χ4v) is 3.78. The van der Waals surface area contributed by atoms with Gasteiger partial charge in [-0.05, 0) is 31.1 Å². The van der Waals surface area contributed by atoms with E-state index in [4.69, 9.17) is 18.9 Å². The summed E-state index contributed by atoms with van der Waals surface area (Å²) < 4.78 is 21.7. The third-order valence-electron chi connectivity index (χ3n) is 5.56. The Labute approximate surface area is 175 Å². The van der Waals surface area contributed by atoms with Crippen molar-refractivity contribution in [2.75, 3.05) is 54.7 Å². The molecule has 2 N–H and O–H groups in total. The molecule has 1 aromatic carbocycles. The molecule has 7 nitrogen and oxygen atoms in total. The fraction of sp³-hybridized carbons (Fsp3) is 0.682. The highest BCUT2D eigenvalue weighted by atomic mass is 16.5. The van der Waals surface area contributed by atoms with Crippen LogP contribution in [0.5, 0.6) is 17.2 Å². The first-order valence-electron chi connectivity index (χ1n) is 10.4. The molecule has 1 aliphatic carbocycles. The minimum Gasteiger partial charge on any atom is -0.496 e. The lowest BCUT2D eigenvalue weighted by molar-refractivity contribution is 0.138. The van der Waals surface area contributed by atoms with E-state index in [1.54, 1.807) is 21.3 Å². The molecular formula is C22H37N3O4. The average Bonchev–Trinajstić information content (AvgIpc) is 3.23. The van der Waals surface area contributed by atoms with E-state index in [1.165, 1.54) is 25.7 Å². The summed E-state index contributed by atoms with van der Waals surface area (Å²) in [6.45, 7) is 3.14. The van der Waals surface area contributed by atoms with E-state index in [2.05, 4.69) is 15.6 Å². The van der Waals surface area contributed by atoms with Gasteiger partial charge in [0, 0.05) is 52.1 Å². The van der Waals surface area contributed by atoms with Crippen LogP contribution in [0.3, 0.4) is 0 Å². The molecule has 7 heteroatoms. The van der Waals surface area contributed by atoms with Crippen LogP contribution in [0.2, 0.25) is 0 Å². The normalized spacial score (nSPS) is 15.8. The Balaban J connectivity index is 1.70. The smallest absolute Gasteiger partial charge is 0.190 e. The van der Waals surface area contributed by atoms with Gasteiger partial charge in [-0.25, -0.2) is 0 Å². The van der Waals surface area contributed by atoms with Crippen molar-refractivity contribution in [3.63, 3.8) is 0 Å². The average molecular weight is 408 g/mol. The summed E-state index contributed by atoms with van der Waals surface area (Å²) in [5.41, 5.74) is 0.335. The van der Waals surface area contributed by atoms with E-state index in [0.29, 0.717) is 12.0 Å². The van der Waals surface area contributed by atoms with E-state index in [-0.39, 0.29) is 0 Å². The number of rotatable bonds is 12. The maximum Gasteiger partial charge on any atom is 0.190 e. The summed E-state index contributed by atoms with van der Waals surface area (Å²) in [6.07, 6.45) is 7.10. The minimum atomic E-state index is 0.335. The largest absolute Gasteiger partial charge is 0.496 e. The number of benzene rings is 1. The highest BCUT2D eigenvalue weighted by molar-refractivity contribution is 5.79. The fourth-order valence-electron chi connectivity index (χ4n) is 3.78. The number of ether oxygens (including phenoxy) is 4. The van der Waals surface area contributed by atoms with Gasteiger partial charge in [0.15, 0.2) is 5.96 Å². The molecule has 0 atom stereocenters. The lowest BCUT2D eigenvalue weighted by Gasteiger charge is -2.30. The van der Waals surface area contributed by atoms with Gasteiger partial charge in [-0.15, -0.1) is 0 Å². The molecule has 0 amide bonds. The predicted octanol–water partition coefficient (Wildman–Crippen LogP) is 3.23. The second-order valence-corrected chi connectivity index (χ2v) is 7.55. The first kappa shape index (κ1) is 23.1. The van der Waals surface area contributed by atoms with Gasteiger partial charge in [0.25, 0.3) is 0 Å². The van der Waals surface area contributed by atoms with Crippen LogP contribution in [0.4, 0.5) is 0 Å². The molecule has 0 aromatic heterocycles. The van der Waals surface area contributed by atoms with Crippen LogP contribution in [0.15, 0.2) is 23.2 Å². The number of methoxy groups -OCH3 is 3. The first-order chi connectivity index (χ1) is 14.1.